The molecule has 2 aromatic carbocycles. The fraction of sp³-hybridized carbons (Fsp3) is 0.227. The summed E-state index contributed by atoms with van der Waals surface area (Å²) in [7, 11) is 0. The molecule has 4 rings (SSSR count). The van der Waals surface area contributed by atoms with Crippen LogP contribution in [0.1, 0.15) is 24.1 Å². The van der Waals surface area contributed by atoms with Gasteiger partial charge in [-0.2, -0.15) is 10.2 Å². The summed E-state index contributed by atoms with van der Waals surface area (Å²) in [6.07, 6.45) is 2.55. The lowest BCUT2D eigenvalue weighted by molar-refractivity contribution is 0.949. The minimum absolute atomic E-state index is 0.515. The predicted octanol–water partition coefficient (Wildman–Crippen LogP) is 4.74. The lowest BCUT2D eigenvalue weighted by Crippen LogP contribution is -2.17. The molecular formula is C22H22N6. The summed E-state index contributed by atoms with van der Waals surface area (Å²) >= 11 is 0. The molecule has 0 bridgehead atoms. The zero-order chi connectivity index (χ0) is 19.3. The second-order valence-corrected chi connectivity index (χ2v) is 6.90. The Labute approximate surface area is 164 Å². The van der Waals surface area contributed by atoms with Crippen LogP contribution in [0, 0.1) is 18.3 Å². The summed E-state index contributed by atoms with van der Waals surface area (Å²) in [5.41, 5.74) is 4.58. The highest BCUT2D eigenvalue weighted by atomic mass is 15.2. The molecule has 6 nitrogen and oxygen atoms in total. The van der Waals surface area contributed by atoms with Gasteiger partial charge in [-0.05, 0) is 68.3 Å². The molecule has 1 aliphatic rings. The minimum atomic E-state index is 0.515. The molecule has 0 unspecified atom stereocenters. The quantitative estimate of drug-likeness (QED) is 0.675. The molecule has 0 spiro atoms. The Morgan fingerprint density at radius 3 is 2.21 bits per heavy atom. The number of benzene rings is 2. The monoisotopic (exact) mass is 370 g/mol. The first kappa shape index (κ1) is 17.8. The van der Waals surface area contributed by atoms with E-state index in [0.717, 1.165) is 36.0 Å². The number of aryl methyl sites for hydroxylation is 1. The SMILES string of the molecule is Cc1cc(Nc2ccc(N3CCCC3)cc2)nc(Nc2ccc(C#N)cc2)n1. The molecule has 1 aliphatic heterocycles. The van der Waals surface area contributed by atoms with E-state index in [1.165, 1.54) is 18.5 Å². The van der Waals surface area contributed by atoms with Crippen LogP contribution in [0.5, 0.6) is 0 Å². The van der Waals surface area contributed by atoms with E-state index in [1.54, 1.807) is 12.1 Å². The van der Waals surface area contributed by atoms with Gasteiger partial charge in [-0.3, -0.25) is 0 Å². The van der Waals surface area contributed by atoms with E-state index in [4.69, 9.17) is 5.26 Å². The molecule has 0 aliphatic carbocycles. The average molecular weight is 370 g/mol. The summed E-state index contributed by atoms with van der Waals surface area (Å²) < 4.78 is 0. The first-order valence-corrected chi connectivity index (χ1v) is 9.44. The van der Waals surface area contributed by atoms with E-state index in [2.05, 4.69) is 55.8 Å². The van der Waals surface area contributed by atoms with E-state index in [-0.39, 0.29) is 0 Å². The number of nitrogens with one attached hydrogen (secondary N) is 2. The Kier molecular flexibility index (Phi) is 5.07. The Balaban J connectivity index is 1.47. The molecular weight excluding hydrogens is 348 g/mol. The van der Waals surface area contributed by atoms with Crippen molar-refractivity contribution >= 4 is 28.8 Å². The van der Waals surface area contributed by atoms with E-state index in [9.17, 15) is 0 Å². The number of hydrogen-bond acceptors (Lipinski definition) is 6. The van der Waals surface area contributed by atoms with Gasteiger partial charge in [0.05, 0.1) is 11.6 Å². The fourth-order valence-corrected chi connectivity index (χ4v) is 3.32. The second kappa shape index (κ2) is 7.97. The summed E-state index contributed by atoms with van der Waals surface area (Å²) in [5.74, 6) is 1.25. The van der Waals surface area contributed by atoms with Crippen LogP contribution in [-0.2, 0) is 0 Å². The molecule has 1 fully saturated rings. The van der Waals surface area contributed by atoms with Crippen LogP contribution in [0.15, 0.2) is 54.6 Å². The van der Waals surface area contributed by atoms with E-state index < -0.39 is 0 Å². The van der Waals surface area contributed by atoms with Crippen molar-refractivity contribution in [3.05, 3.63) is 65.9 Å². The van der Waals surface area contributed by atoms with Crippen LogP contribution in [0.25, 0.3) is 0 Å². The van der Waals surface area contributed by atoms with Crippen molar-refractivity contribution in [3.63, 3.8) is 0 Å². The predicted molar refractivity (Wildman–Crippen MR) is 112 cm³/mol. The highest BCUT2D eigenvalue weighted by molar-refractivity contribution is 5.63. The molecule has 0 amide bonds. The van der Waals surface area contributed by atoms with Gasteiger partial charge < -0.3 is 15.5 Å². The van der Waals surface area contributed by atoms with Gasteiger partial charge in [-0.1, -0.05) is 0 Å². The smallest absolute Gasteiger partial charge is 0.229 e. The van der Waals surface area contributed by atoms with Crippen molar-refractivity contribution < 1.29 is 0 Å². The molecule has 0 radical (unpaired) electrons. The Morgan fingerprint density at radius 2 is 1.54 bits per heavy atom. The third-order valence-corrected chi connectivity index (χ3v) is 4.74. The maximum absolute atomic E-state index is 8.90. The van der Waals surface area contributed by atoms with Gasteiger partial charge >= 0.3 is 0 Å². The van der Waals surface area contributed by atoms with Crippen molar-refractivity contribution in [3.8, 4) is 6.07 Å². The van der Waals surface area contributed by atoms with Crippen molar-refractivity contribution in [2.75, 3.05) is 28.6 Å². The number of hydrogen-bond donors (Lipinski definition) is 2. The third-order valence-electron chi connectivity index (χ3n) is 4.74. The van der Waals surface area contributed by atoms with E-state index in [0.29, 0.717) is 11.5 Å². The number of aromatic nitrogens is 2. The minimum Gasteiger partial charge on any atom is -0.372 e. The number of nitrogens with zero attached hydrogens (tertiary/aromatic N) is 4. The van der Waals surface area contributed by atoms with Gasteiger partial charge in [0.2, 0.25) is 5.95 Å². The van der Waals surface area contributed by atoms with Gasteiger partial charge in [0.25, 0.3) is 0 Å². The molecule has 1 aromatic heterocycles. The molecule has 3 aromatic rings. The van der Waals surface area contributed by atoms with Crippen LogP contribution >= 0.6 is 0 Å². The van der Waals surface area contributed by atoms with Crippen molar-refractivity contribution in [2.45, 2.75) is 19.8 Å². The summed E-state index contributed by atoms with van der Waals surface area (Å²) in [4.78, 5) is 11.4. The van der Waals surface area contributed by atoms with Gasteiger partial charge in [0.15, 0.2) is 0 Å². The summed E-state index contributed by atoms with van der Waals surface area (Å²) in [6.45, 7) is 4.22. The van der Waals surface area contributed by atoms with Crippen molar-refractivity contribution in [2.24, 2.45) is 0 Å². The molecule has 28 heavy (non-hydrogen) atoms. The largest absolute Gasteiger partial charge is 0.372 e. The Bertz CT molecular complexity index is 983. The molecule has 2 N–H and O–H groups in total. The van der Waals surface area contributed by atoms with Gasteiger partial charge in [0.1, 0.15) is 5.82 Å². The van der Waals surface area contributed by atoms with Gasteiger partial charge in [-0.15, -0.1) is 0 Å². The topological polar surface area (TPSA) is 76.9 Å². The summed E-state index contributed by atoms with van der Waals surface area (Å²) in [5, 5.41) is 15.4. The Hall–Kier alpha value is -3.59. The zero-order valence-corrected chi connectivity index (χ0v) is 15.8. The van der Waals surface area contributed by atoms with Gasteiger partial charge in [-0.25, -0.2) is 4.98 Å². The van der Waals surface area contributed by atoms with E-state index >= 15 is 0 Å². The highest BCUT2D eigenvalue weighted by Crippen LogP contribution is 2.24. The molecule has 6 heteroatoms. The second-order valence-electron chi connectivity index (χ2n) is 6.90. The van der Waals surface area contributed by atoms with Crippen molar-refractivity contribution in [1.82, 2.24) is 9.97 Å². The van der Waals surface area contributed by atoms with Gasteiger partial charge in [0, 0.05) is 41.9 Å². The number of nitriles is 1. The summed E-state index contributed by atoms with van der Waals surface area (Å²) in [6, 6.07) is 19.7. The lowest BCUT2D eigenvalue weighted by Gasteiger charge is -2.18. The number of rotatable bonds is 5. The maximum atomic E-state index is 8.90. The zero-order valence-electron chi connectivity index (χ0n) is 15.8. The van der Waals surface area contributed by atoms with Crippen LogP contribution in [0.2, 0.25) is 0 Å². The standard InChI is InChI=1S/C22H22N6/c1-16-14-21(25-18-8-10-20(11-9-18)28-12-2-3-13-28)27-22(24-16)26-19-6-4-17(15-23)5-7-19/h4-11,14H,2-3,12-13H2,1H3,(H2,24,25,26,27). The Morgan fingerprint density at radius 1 is 0.893 bits per heavy atom. The normalized spacial score (nSPS) is 13.2. The maximum Gasteiger partial charge on any atom is 0.229 e. The van der Waals surface area contributed by atoms with Crippen LogP contribution in [-0.4, -0.2) is 23.1 Å². The van der Waals surface area contributed by atoms with Crippen molar-refractivity contribution in [1.29, 1.82) is 5.26 Å². The molecule has 140 valence electrons. The molecule has 0 saturated carbocycles. The first-order chi connectivity index (χ1) is 13.7. The number of anilines is 5. The van der Waals surface area contributed by atoms with E-state index in [1.807, 2.05) is 25.1 Å². The molecule has 1 saturated heterocycles. The fourth-order valence-electron chi connectivity index (χ4n) is 3.32. The third kappa shape index (κ3) is 4.21. The highest BCUT2D eigenvalue weighted by Gasteiger charge is 2.12. The first-order valence-electron chi connectivity index (χ1n) is 9.44. The van der Waals surface area contributed by atoms with Crippen LogP contribution < -0.4 is 15.5 Å². The lowest BCUT2D eigenvalue weighted by atomic mass is 10.2. The molecule has 0 atom stereocenters. The average Bonchev–Trinajstić information content (AvgIpc) is 3.23. The van der Waals surface area contributed by atoms with Crippen LogP contribution in [0.3, 0.4) is 0 Å². The van der Waals surface area contributed by atoms with Crippen LogP contribution in [0.4, 0.5) is 28.8 Å². The molecule has 2 heterocycles.